The fourth-order valence-electron chi connectivity index (χ4n) is 2.73. The first kappa shape index (κ1) is 12.9. The Morgan fingerprint density at radius 1 is 1.40 bits per heavy atom. The Labute approximate surface area is 119 Å². The molecule has 0 atom stereocenters. The molecular formula is C16H19N3O. The molecule has 0 saturated heterocycles. The highest BCUT2D eigenvalue weighted by Crippen LogP contribution is 2.25. The Hall–Kier alpha value is -2.10. The number of carbonyl (C=O) groups is 1. The summed E-state index contributed by atoms with van der Waals surface area (Å²) in [5, 5.41) is 3.39. The van der Waals surface area contributed by atoms with Crippen molar-refractivity contribution in [3.05, 3.63) is 41.0 Å². The molecule has 4 nitrogen and oxygen atoms in total. The van der Waals surface area contributed by atoms with Crippen molar-refractivity contribution in [3.63, 3.8) is 0 Å². The highest BCUT2D eigenvalue weighted by molar-refractivity contribution is 6.10. The summed E-state index contributed by atoms with van der Waals surface area (Å²) in [6.07, 6.45) is 0.942. The Morgan fingerprint density at radius 3 is 3.00 bits per heavy atom. The van der Waals surface area contributed by atoms with Crippen LogP contribution in [-0.2, 0) is 4.79 Å². The maximum absolute atomic E-state index is 11.5. The van der Waals surface area contributed by atoms with Gasteiger partial charge >= 0.3 is 0 Å². The summed E-state index contributed by atoms with van der Waals surface area (Å²) in [6, 6.07) is 8.25. The largest absolute Gasteiger partial charge is 0.340 e. The fraction of sp³-hybridized carbons (Fsp3) is 0.375. The Kier molecular flexibility index (Phi) is 3.30. The van der Waals surface area contributed by atoms with Gasteiger partial charge in [-0.15, -0.1) is 0 Å². The number of rotatable bonds is 1. The Bertz CT molecular complexity index is 616. The predicted molar refractivity (Wildman–Crippen MR) is 81.0 cm³/mol. The molecule has 0 aliphatic carbocycles. The summed E-state index contributed by atoms with van der Waals surface area (Å²) in [7, 11) is 0. The molecule has 20 heavy (non-hydrogen) atoms. The maximum Gasteiger partial charge on any atom is 0.219 e. The van der Waals surface area contributed by atoms with E-state index in [1.54, 1.807) is 6.92 Å². The second-order valence-electron chi connectivity index (χ2n) is 5.43. The minimum absolute atomic E-state index is 0.137. The number of benzene rings is 1. The lowest BCUT2D eigenvalue weighted by Gasteiger charge is -2.28. The van der Waals surface area contributed by atoms with E-state index in [0.717, 1.165) is 31.0 Å². The van der Waals surface area contributed by atoms with Crippen molar-refractivity contribution in [2.75, 3.05) is 25.0 Å². The SMILES string of the molecule is CC(=O)N1CCC2=C(C1)C(Nc1cccc(C)c1)=NC2. The topological polar surface area (TPSA) is 44.7 Å². The molecule has 1 aromatic carbocycles. The molecule has 2 aliphatic rings. The van der Waals surface area contributed by atoms with Crippen LogP contribution < -0.4 is 5.32 Å². The number of nitrogens with zero attached hydrogens (tertiary/aromatic N) is 2. The molecule has 1 aromatic rings. The monoisotopic (exact) mass is 269 g/mol. The molecule has 1 N–H and O–H groups in total. The molecule has 2 aliphatic heterocycles. The summed E-state index contributed by atoms with van der Waals surface area (Å²) in [6.45, 7) is 5.98. The number of amides is 1. The smallest absolute Gasteiger partial charge is 0.219 e. The zero-order valence-electron chi connectivity index (χ0n) is 11.9. The quantitative estimate of drug-likeness (QED) is 0.850. The summed E-state index contributed by atoms with van der Waals surface area (Å²) in [5.41, 5.74) is 4.85. The lowest BCUT2D eigenvalue weighted by atomic mass is 10.0. The van der Waals surface area contributed by atoms with Gasteiger partial charge in [-0.1, -0.05) is 12.1 Å². The van der Waals surface area contributed by atoms with Gasteiger partial charge in [-0.25, -0.2) is 0 Å². The van der Waals surface area contributed by atoms with Gasteiger partial charge in [0.25, 0.3) is 0 Å². The average Bonchev–Trinajstić information content (AvgIpc) is 2.81. The van der Waals surface area contributed by atoms with Gasteiger partial charge in [0.15, 0.2) is 0 Å². The van der Waals surface area contributed by atoms with Gasteiger partial charge in [0.2, 0.25) is 5.91 Å². The maximum atomic E-state index is 11.5. The lowest BCUT2D eigenvalue weighted by Crippen LogP contribution is -2.37. The van der Waals surface area contributed by atoms with Crippen LogP contribution in [0.3, 0.4) is 0 Å². The van der Waals surface area contributed by atoms with E-state index < -0.39 is 0 Å². The third kappa shape index (κ3) is 2.46. The number of hydrogen-bond acceptors (Lipinski definition) is 3. The van der Waals surface area contributed by atoms with E-state index >= 15 is 0 Å². The van der Waals surface area contributed by atoms with Gasteiger partial charge in [0.05, 0.1) is 6.54 Å². The van der Waals surface area contributed by atoms with Crippen molar-refractivity contribution >= 4 is 17.4 Å². The van der Waals surface area contributed by atoms with Gasteiger partial charge in [0.1, 0.15) is 5.84 Å². The number of hydrogen-bond donors (Lipinski definition) is 1. The van der Waals surface area contributed by atoms with Crippen LogP contribution in [0.5, 0.6) is 0 Å². The lowest BCUT2D eigenvalue weighted by molar-refractivity contribution is -0.128. The third-order valence-corrected chi connectivity index (χ3v) is 3.90. The van der Waals surface area contributed by atoms with Crippen LogP contribution in [0.25, 0.3) is 0 Å². The first-order valence-electron chi connectivity index (χ1n) is 6.98. The zero-order valence-corrected chi connectivity index (χ0v) is 11.9. The van der Waals surface area contributed by atoms with Crippen molar-refractivity contribution in [2.45, 2.75) is 20.3 Å². The van der Waals surface area contributed by atoms with E-state index in [-0.39, 0.29) is 5.91 Å². The van der Waals surface area contributed by atoms with Crippen molar-refractivity contribution in [1.82, 2.24) is 4.90 Å². The molecule has 0 bridgehead atoms. The van der Waals surface area contributed by atoms with E-state index in [0.29, 0.717) is 6.54 Å². The van der Waals surface area contributed by atoms with Crippen molar-refractivity contribution < 1.29 is 4.79 Å². The number of anilines is 1. The van der Waals surface area contributed by atoms with Crippen LogP contribution in [0.4, 0.5) is 5.69 Å². The number of amidine groups is 1. The van der Waals surface area contributed by atoms with Crippen molar-refractivity contribution in [1.29, 1.82) is 0 Å². The number of carbonyl (C=O) groups excluding carboxylic acids is 1. The number of aliphatic imine (C=N–C) groups is 1. The number of aryl methyl sites for hydroxylation is 1. The molecule has 104 valence electrons. The van der Waals surface area contributed by atoms with Crippen LogP contribution in [0.2, 0.25) is 0 Å². The van der Waals surface area contributed by atoms with Gasteiger partial charge in [-0.2, -0.15) is 0 Å². The second-order valence-corrected chi connectivity index (χ2v) is 5.43. The Morgan fingerprint density at radius 2 is 2.25 bits per heavy atom. The van der Waals surface area contributed by atoms with E-state index in [4.69, 9.17) is 0 Å². The molecular weight excluding hydrogens is 250 g/mol. The predicted octanol–water partition coefficient (Wildman–Crippen LogP) is 2.37. The van der Waals surface area contributed by atoms with Gasteiger partial charge < -0.3 is 10.2 Å². The molecule has 2 heterocycles. The van der Waals surface area contributed by atoms with E-state index in [9.17, 15) is 4.79 Å². The van der Waals surface area contributed by atoms with Crippen LogP contribution in [-0.4, -0.2) is 36.3 Å². The third-order valence-electron chi connectivity index (χ3n) is 3.90. The van der Waals surface area contributed by atoms with Crippen LogP contribution in [0.15, 0.2) is 40.4 Å². The summed E-state index contributed by atoms with van der Waals surface area (Å²) in [5.74, 6) is 1.06. The average molecular weight is 269 g/mol. The summed E-state index contributed by atoms with van der Waals surface area (Å²) >= 11 is 0. The van der Waals surface area contributed by atoms with E-state index in [2.05, 4.69) is 29.4 Å². The number of nitrogens with one attached hydrogen (secondary N) is 1. The zero-order chi connectivity index (χ0) is 14.1. The van der Waals surface area contributed by atoms with Gasteiger partial charge in [0, 0.05) is 31.3 Å². The molecule has 0 saturated carbocycles. The fourth-order valence-corrected chi connectivity index (χ4v) is 2.73. The first-order valence-corrected chi connectivity index (χ1v) is 6.98. The Balaban J connectivity index is 1.78. The van der Waals surface area contributed by atoms with Crippen LogP contribution in [0, 0.1) is 6.92 Å². The minimum atomic E-state index is 0.137. The molecule has 0 unspecified atom stereocenters. The molecule has 0 aromatic heterocycles. The molecule has 0 radical (unpaired) electrons. The highest BCUT2D eigenvalue weighted by Gasteiger charge is 2.27. The molecule has 3 rings (SSSR count). The minimum Gasteiger partial charge on any atom is -0.340 e. The standard InChI is InChI=1S/C16H19N3O/c1-11-4-3-5-14(8-11)18-16-15-10-19(12(2)20)7-6-13(15)9-17-16/h3-5,8H,6-7,9-10H2,1-2H3,(H,17,18). The van der Waals surface area contributed by atoms with E-state index in [1.165, 1.54) is 16.7 Å². The van der Waals surface area contributed by atoms with Crippen molar-refractivity contribution in [2.24, 2.45) is 4.99 Å². The first-order chi connectivity index (χ1) is 9.63. The van der Waals surface area contributed by atoms with E-state index in [1.807, 2.05) is 17.0 Å². The molecule has 0 spiro atoms. The van der Waals surface area contributed by atoms with Gasteiger partial charge in [-0.3, -0.25) is 9.79 Å². The van der Waals surface area contributed by atoms with Crippen molar-refractivity contribution in [3.8, 4) is 0 Å². The highest BCUT2D eigenvalue weighted by atomic mass is 16.2. The van der Waals surface area contributed by atoms with Gasteiger partial charge in [-0.05, 0) is 36.6 Å². The summed E-state index contributed by atoms with van der Waals surface area (Å²) < 4.78 is 0. The second kappa shape index (κ2) is 5.12. The van der Waals surface area contributed by atoms with Crippen LogP contribution in [0.1, 0.15) is 18.9 Å². The molecule has 0 fully saturated rings. The normalized spacial score (nSPS) is 17.9. The summed E-state index contributed by atoms with van der Waals surface area (Å²) in [4.78, 5) is 18.0. The molecule has 4 heteroatoms. The molecule has 1 amide bonds. The van der Waals surface area contributed by atoms with Crippen LogP contribution >= 0.6 is 0 Å².